The van der Waals surface area contributed by atoms with Gasteiger partial charge >= 0.3 is 0 Å². The summed E-state index contributed by atoms with van der Waals surface area (Å²) in [5.74, 6) is -0.255. The van der Waals surface area contributed by atoms with Gasteiger partial charge < -0.3 is 0 Å². The minimum atomic E-state index is -3.71. The third-order valence-corrected chi connectivity index (χ3v) is 7.70. The summed E-state index contributed by atoms with van der Waals surface area (Å²) in [7, 11) is -7.25. The van der Waals surface area contributed by atoms with Crippen LogP contribution in [0, 0.1) is 13.8 Å². The minimum Gasteiger partial charge on any atom is -0.224 e. The molecule has 0 amide bonds. The standard InChI is InChI=1S/C18H23NO4S2/c1-4-19(25(22,23)18-11-7-16(3)8-12-18)13-14-24(20,21)17-9-5-15(2)6-10-17/h5-12H,4,13-14H2,1-3H3. The maximum atomic E-state index is 12.7. The van der Waals surface area contributed by atoms with E-state index in [1.54, 1.807) is 55.5 Å². The van der Waals surface area contributed by atoms with Crippen LogP contribution in [0.5, 0.6) is 0 Å². The van der Waals surface area contributed by atoms with Crippen molar-refractivity contribution in [1.82, 2.24) is 4.31 Å². The Labute approximate surface area is 150 Å². The molecule has 0 aromatic heterocycles. The quantitative estimate of drug-likeness (QED) is 0.739. The van der Waals surface area contributed by atoms with E-state index < -0.39 is 19.9 Å². The van der Waals surface area contributed by atoms with Gasteiger partial charge in [0.15, 0.2) is 9.84 Å². The Morgan fingerprint density at radius 2 is 1.20 bits per heavy atom. The average molecular weight is 382 g/mol. The lowest BCUT2D eigenvalue weighted by atomic mass is 10.2. The van der Waals surface area contributed by atoms with Gasteiger partial charge in [-0.05, 0) is 38.1 Å². The molecule has 0 saturated heterocycles. The van der Waals surface area contributed by atoms with E-state index in [0.29, 0.717) is 0 Å². The summed E-state index contributed by atoms with van der Waals surface area (Å²) in [6, 6.07) is 13.1. The molecule has 0 aliphatic heterocycles. The van der Waals surface area contributed by atoms with Gasteiger partial charge in [0.05, 0.1) is 15.5 Å². The maximum absolute atomic E-state index is 12.7. The summed E-state index contributed by atoms with van der Waals surface area (Å²) >= 11 is 0. The molecule has 0 atom stereocenters. The smallest absolute Gasteiger partial charge is 0.224 e. The fourth-order valence-electron chi connectivity index (χ4n) is 2.39. The number of hydrogen-bond donors (Lipinski definition) is 0. The van der Waals surface area contributed by atoms with Gasteiger partial charge in [0, 0.05) is 13.1 Å². The summed E-state index contributed by atoms with van der Waals surface area (Å²) in [4.78, 5) is 0.384. The fraction of sp³-hybridized carbons (Fsp3) is 0.333. The van der Waals surface area contributed by atoms with Crippen molar-refractivity contribution in [2.45, 2.75) is 30.6 Å². The lowest BCUT2D eigenvalue weighted by molar-refractivity contribution is 0.444. The molecule has 5 nitrogen and oxygen atoms in total. The zero-order valence-electron chi connectivity index (χ0n) is 14.6. The highest BCUT2D eigenvalue weighted by atomic mass is 32.2. The number of rotatable bonds is 7. The molecule has 25 heavy (non-hydrogen) atoms. The summed E-state index contributed by atoms with van der Waals surface area (Å²) in [6.07, 6.45) is 0. The normalized spacial score (nSPS) is 12.5. The van der Waals surface area contributed by atoms with E-state index in [4.69, 9.17) is 0 Å². The number of sulfone groups is 1. The Morgan fingerprint density at radius 1 is 0.760 bits per heavy atom. The first-order valence-electron chi connectivity index (χ1n) is 8.03. The number of aryl methyl sites for hydroxylation is 2. The van der Waals surface area contributed by atoms with Gasteiger partial charge in [-0.1, -0.05) is 42.3 Å². The predicted octanol–water partition coefficient (Wildman–Crippen LogP) is 2.79. The van der Waals surface area contributed by atoms with Crippen LogP contribution in [0.2, 0.25) is 0 Å². The van der Waals surface area contributed by atoms with Gasteiger partial charge in [0.1, 0.15) is 0 Å². The molecule has 0 heterocycles. The molecule has 2 aromatic carbocycles. The van der Waals surface area contributed by atoms with Crippen LogP contribution in [0.25, 0.3) is 0 Å². The fourth-order valence-corrected chi connectivity index (χ4v) is 5.21. The molecular formula is C18H23NO4S2. The van der Waals surface area contributed by atoms with Crippen LogP contribution < -0.4 is 0 Å². The lowest BCUT2D eigenvalue weighted by Gasteiger charge is -2.20. The number of hydrogen-bond acceptors (Lipinski definition) is 4. The van der Waals surface area contributed by atoms with Crippen LogP contribution in [0.15, 0.2) is 58.3 Å². The highest BCUT2D eigenvalue weighted by Crippen LogP contribution is 2.18. The zero-order valence-corrected chi connectivity index (χ0v) is 16.3. The van der Waals surface area contributed by atoms with Crippen molar-refractivity contribution < 1.29 is 16.8 Å². The van der Waals surface area contributed by atoms with Crippen LogP contribution in [-0.2, 0) is 19.9 Å². The summed E-state index contributed by atoms with van der Waals surface area (Å²) in [5.41, 5.74) is 1.93. The molecule has 0 saturated carbocycles. The molecule has 0 N–H and O–H groups in total. The van der Waals surface area contributed by atoms with E-state index in [2.05, 4.69) is 0 Å². The Kier molecular flexibility index (Phi) is 6.03. The topological polar surface area (TPSA) is 71.5 Å². The van der Waals surface area contributed by atoms with Crippen molar-refractivity contribution in [1.29, 1.82) is 0 Å². The van der Waals surface area contributed by atoms with E-state index in [9.17, 15) is 16.8 Å². The second-order valence-electron chi connectivity index (χ2n) is 5.94. The number of nitrogens with zero attached hydrogens (tertiary/aromatic N) is 1. The second-order valence-corrected chi connectivity index (χ2v) is 9.99. The van der Waals surface area contributed by atoms with E-state index in [-0.39, 0.29) is 28.6 Å². The first kappa shape index (κ1) is 19.6. The van der Waals surface area contributed by atoms with Crippen molar-refractivity contribution >= 4 is 19.9 Å². The molecule has 0 unspecified atom stereocenters. The molecule has 2 aromatic rings. The maximum Gasteiger partial charge on any atom is 0.243 e. The number of sulfonamides is 1. The summed E-state index contributed by atoms with van der Waals surface area (Å²) < 4.78 is 51.5. The van der Waals surface area contributed by atoms with Gasteiger partial charge in [0.25, 0.3) is 0 Å². The van der Waals surface area contributed by atoms with Crippen LogP contribution >= 0.6 is 0 Å². The molecule has 0 aliphatic rings. The summed E-state index contributed by atoms with van der Waals surface area (Å²) in [6.45, 7) is 5.58. The molecule has 0 spiro atoms. The molecule has 0 aliphatic carbocycles. The molecule has 0 bridgehead atoms. The average Bonchev–Trinajstić information content (AvgIpc) is 2.56. The Balaban J connectivity index is 2.19. The van der Waals surface area contributed by atoms with Crippen molar-refractivity contribution in [2.75, 3.05) is 18.8 Å². The third-order valence-electron chi connectivity index (χ3n) is 4.00. The van der Waals surface area contributed by atoms with E-state index >= 15 is 0 Å². The molecule has 0 fully saturated rings. The van der Waals surface area contributed by atoms with Crippen molar-refractivity contribution in [3.05, 3.63) is 59.7 Å². The molecular weight excluding hydrogens is 358 g/mol. The van der Waals surface area contributed by atoms with Gasteiger partial charge in [-0.3, -0.25) is 0 Å². The van der Waals surface area contributed by atoms with Crippen LogP contribution in [0.3, 0.4) is 0 Å². The molecule has 0 radical (unpaired) electrons. The van der Waals surface area contributed by atoms with Crippen molar-refractivity contribution in [2.24, 2.45) is 0 Å². The van der Waals surface area contributed by atoms with Crippen molar-refractivity contribution in [3.8, 4) is 0 Å². The zero-order chi connectivity index (χ0) is 18.7. The SMILES string of the molecule is CCN(CCS(=O)(=O)c1ccc(C)cc1)S(=O)(=O)c1ccc(C)cc1. The first-order valence-corrected chi connectivity index (χ1v) is 11.1. The Bertz CT molecular complexity index is 916. The van der Waals surface area contributed by atoms with E-state index in [0.717, 1.165) is 11.1 Å². The van der Waals surface area contributed by atoms with Crippen LogP contribution in [0.4, 0.5) is 0 Å². The third kappa shape index (κ3) is 4.68. The van der Waals surface area contributed by atoms with E-state index in [1.165, 1.54) is 4.31 Å². The van der Waals surface area contributed by atoms with Gasteiger partial charge in [-0.2, -0.15) is 4.31 Å². The Morgan fingerprint density at radius 3 is 1.64 bits per heavy atom. The van der Waals surface area contributed by atoms with Gasteiger partial charge in [-0.15, -0.1) is 0 Å². The monoisotopic (exact) mass is 381 g/mol. The predicted molar refractivity (Wildman–Crippen MR) is 98.8 cm³/mol. The van der Waals surface area contributed by atoms with Crippen LogP contribution in [-0.4, -0.2) is 40.0 Å². The molecule has 7 heteroatoms. The lowest BCUT2D eigenvalue weighted by Crippen LogP contribution is -2.35. The summed E-state index contributed by atoms with van der Waals surface area (Å²) in [5, 5.41) is 0. The van der Waals surface area contributed by atoms with Gasteiger partial charge in [0.2, 0.25) is 10.0 Å². The highest BCUT2D eigenvalue weighted by Gasteiger charge is 2.25. The van der Waals surface area contributed by atoms with E-state index in [1.807, 2.05) is 13.8 Å². The molecule has 2 rings (SSSR count). The van der Waals surface area contributed by atoms with Gasteiger partial charge in [-0.25, -0.2) is 16.8 Å². The largest absolute Gasteiger partial charge is 0.243 e. The first-order chi connectivity index (χ1) is 11.7. The highest BCUT2D eigenvalue weighted by molar-refractivity contribution is 7.91. The minimum absolute atomic E-state index is 0.0804. The van der Waals surface area contributed by atoms with Crippen molar-refractivity contribution in [3.63, 3.8) is 0 Å². The Hall–Kier alpha value is -1.70. The van der Waals surface area contributed by atoms with Crippen LogP contribution in [0.1, 0.15) is 18.1 Å². The number of benzene rings is 2. The molecule has 136 valence electrons. The second kappa shape index (κ2) is 7.68.